The Balaban J connectivity index is 1.94. The van der Waals surface area contributed by atoms with Crippen LogP contribution in [0, 0.1) is 0 Å². The lowest BCUT2D eigenvalue weighted by Gasteiger charge is -2.31. The molecule has 5 heteroatoms. The van der Waals surface area contributed by atoms with Crippen molar-refractivity contribution in [3.8, 4) is 5.75 Å². The fourth-order valence-corrected chi connectivity index (χ4v) is 2.59. The van der Waals surface area contributed by atoms with Crippen molar-refractivity contribution in [2.24, 2.45) is 0 Å². The Morgan fingerprint density at radius 3 is 2.68 bits per heavy atom. The lowest BCUT2D eigenvalue weighted by molar-refractivity contribution is -0.129. The van der Waals surface area contributed by atoms with E-state index in [-0.39, 0.29) is 23.5 Å². The van der Waals surface area contributed by atoms with Crippen LogP contribution in [0.5, 0.6) is 5.75 Å². The Hall–Kier alpha value is -1.59. The average Bonchev–Trinajstić information content (AvgIpc) is 2.53. The number of benzene rings is 1. The first-order valence-electron chi connectivity index (χ1n) is 7.71. The van der Waals surface area contributed by atoms with E-state index in [1.807, 2.05) is 31.2 Å². The molecule has 1 aliphatic rings. The second-order valence-corrected chi connectivity index (χ2v) is 6.34. The van der Waals surface area contributed by atoms with Crippen molar-refractivity contribution >= 4 is 5.91 Å². The van der Waals surface area contributed by atoms with Gasteiger partial charge in [-0.15, -0.1) is 0 Å². The molecule has 1 aliphatic heterocycles. The third-order valence-corrected chi connectivity index (χ3v) is 4.17. The van der Waals surface area contributed by atoms with Crippen LogP contribution in [-0.2, 0) is 14.9 Å². The molecule has 2 rings (SSSR count). The van der Waals surface area contributed by atoms with Crippen molar-refractivity contribution in [3.63, 3.8) is 0 Å². The Labute approximate surface area is 132 Å². The first-order chi connectivity index (χ1) is 10.4. The maximum Gasteiger partial charge on any atom is 0.239 e. The Morgan fingerprint density at radius 1 is 1.41 bits per heavy atom. The molecule has 122 valence electrons. The van der Waals surface area contributed by atoms with E-state index in [1.54, 1.807) is 7.11 Å². The van der Waals surface area contributed by atoms with Gasteiger partial charge in [0.2, 0.25) is 5.91 Å². The largest absolute Gasteiger partial charge is 0.497 e. The zero-order valence-corrected chi connectivity index (χ0v) is 13.8. The van der Waals surface area contributed by atoms with Crippen LogP contribution in [0.3, 0.4) is 0 Å². The summed E-state index contributed by atoms with van der Waals surface area (Å²) in [5, 5.41) is 6.24. The Morgan fingerprint density at radius 2 is 2.09 bits per heavy atom. The molecule has 1 amide bonds. The van der Waals surface area contributed by atoms with Crippen LogP contribution in [0.15, 0.2) is 24.3 Å². The van der Waals surface area contributed by atoms with Gasteiger partial charge in [0, 0.05) is 18.5 Å². The molecular weight excluding hydrogens is 280 g/mol. The molecule has 1 aromatic carbocycles. The number of carbonyl (C=O) groups is 1. The molecule has 22 heavy (non-hydrogen) atoms. The van der Waals surface area contributed by atoms with Crippen molar-refractivity contribution in [2.75, 3.05) is 26.8 Å². The van der Waals surface area contributed by atoms with Gasteiger partial charge in [0.15, 0.2) is 0 Å². The normalized spacial score (nSPS) is 22.2. The van der Waals surface area contributed by atoms with Crippen LogP contribution in [0.2, 0.25) is 0 Å². The van der Waals surface area contributed by atoms with Gasteiger partial charge < -0.3 is 20.1 Å². The SMILES string of the molecule is COc1ccc(C(C)(C)CNC(=O)[C@H]2NCCO[C@@H]2C)cc1. The summed E-state index contributed by atoms with van der Waals surface area (Å²) in [6, 6.07) is 7.68. The van der Waals surface area contributed by atoms with Crippen molar-refractivity contribution in [3.05, 3.63) is 29.8 Å². The molecule has 1 saturated heterocycles. The molecule has 0 bridgehead atoms. The number of rotatable bonds is 5. The number of ether oxygens (including phenoxy) is 2. The summed E-state index contributed by atoms with van der Waals surface area (Å²) in [5.41, 5.74) is 1.01. The highest BCUT2D eigenvalue weighted by Crippen LogP contribution is 2.24. The molecule has 0 spiro atoms. The van der Waals surface area contributed by atoms with E-state index in [1.165, 1.54) is 0 Å². The fraction of sp³-hybridized carbons (Fsp3) is 0.588. The van der Waals surface area contributed by atoms with Gasteiger partial charge in [0.1, 0.15) is 11.8 Å². The van der Waals surface area contributed by atoms with Crippen molar-refractivity contribution in [2.45, 2.75) is 38.3 Å². The van der Waals surface area contributed by atoms with Gasteiger partial charge in [0.05, 0.1) is 19.8 Å². The third-order valence-electron chi connectivity index (χ3n) is 4.17. The molecule has 0 unspecified atom stereocenters. The third kappa shape index (κ3) is 3.99. The second kappa shape index (κ2) is 7.11. The van der Waals surface area contributed by atoms with Gasteiger partial charge in [-0.2, -0.15) is 0 Å². The minimum absolute atomic E-state index is 0.00575. The molecule has 2 atom stereocenters. The molecule has 0 radical (unpaired) electrons. The average molecular weight is 306 g/mol. The number of methoxy groups -OCH3 is 1. The maximum atomic E-state index is 12.3. The molecule has 0 aromatic heterocycles. The highest BCUT2D eigenvalue weighted by Gasteiger charge is 2.30. The summed E-state index contributed by atoms with van der Waals surface area (Å²) in [6.45, 7) is 8.09. The van der Waals surface area contributed by atoms with E-state index in [9.17, 15) is 4.79 Å². The van der Waals surface area contributed by atoms with E-state index in [0.29, 0.717) is 19.7 Å². The van der Waals surface area contributed by atoms with E-state index < -0.39 is 0 Å². The summed E-state index contributed by atoms with van der Waals surface area (Å²) in [4.78, 5) is 12.3. The number of carbonyl (C=O) groups excluding carboxylic acids is 1. The molecule has 1 aromatic rings. The van der Waals surface area contributed by atoms with Crippen LogP contribution in [0.1, 0.15) is 26.3 Å². The van der Waals surface area contributed by atoms with Gasteiger partial charge in [0.25, 0.3) is 0 Å². The highest BCUT2D eigenvalue weighted by molar-refractivity contribution is 5.82. The summed E-state index contributed by atoms with van der Waals surface area (Å²) in [7, 11) is 1.65. The van der Waals surface area contributed by atoms with Crippen LogP contribution in [0.25, 0.3) is 0 Å². The number of hydrogen-bond donors (Lipinski definition) is 2. The number of amides is 1. The van der Waals surface area contributed by atoms with Gasteiger partial charge in [-0.25, -0.2) is 0 Å². The Kier molecular flexibility index (Phi) is 5.42. The standard InChI is InChI=1S/C17H26N2O3/c1-12-15(18-9-10-22-12)16(20)19-11-17(2,3)13-5-7-14(21-4)8-6-13/h5-8,12,15,18H,9-11H2,1-4H3,(H,19,20)/t12-,15+/m1/s1. The quantitative estimate of drug-likeness (QED) is 0.865. The van der Waals surface area contributed by atoms with E-state index in [4.69, 9.17) is 9.47 Å². The van der Waals surface area contributed by atoms with Crippen molar-refractivity contribution < 1.29 is 14.3 Å². The first-order valence-corrected chi connectivity index (χ1v) is 7.71. The van der Waals surface area contributed by atoms with E-state index in [0.717, 1.165) is 11.3 Å². The van der Waals surface area contributed by atoms with E-state index in [2.05, 4.69) is 24.5 Å². The van der Waals surface area contributed by atoms with Crippen LogP contribution in [0.4, 0.5) is 0 Å². The predicted molar refractivity (Wildman–Crippen MR) is 86.2 cm³/mol. The molecule has 1 heterocycles. The number of hydrogen-bond acceptors (Lipinski definition) is 4. The topological polar surface area (TPSA) is 59.6 Å². The van der Waals surface area contributed by atoms with Crippen molar-refractivity contribution in [1.82, 2.24) is 10.6 Å². The summed E-state index contributed by atoms with van der Waals surface area (Å²) in [6.07, 6.45) is -0.0992. The van der Waals surface area contributed by atoms with Gasteiger partial charge in [-0.3, -0.25) is 4.79 Å². The summed E-state index contributed by atoms with van der Waals surface area (Å²) < 4.78 is 10.7. The monoisotopic (exact) mass is 306 g/mol. The molecule has 5 nitrogen and oxygen atoms in total. The minimum atomic E-state index is -0.277. The summed E-state index contributed by atoms with van der Waals surface area (Å²) >= 11 is 0. The lowest BCUT2D eigenvalue weighted by Crippen LogP contribution is -2.56. The first kappa shape index (κ1) is 16.8. The van der Waals surface area contributed by atoms with Crippen molar-refractivity contribution in [1.29, 1.82) is 0 Å². The highest BCUT2D eigenvalue weighted by atomic mass is 16.5. The molecule has 0 aliphatic carbocycles. The number of nitrogens with one attached hydrogen (secondary N) is 2. The van der Waals surface area contributed by atoms with Gasteiger partial charge >= 0.3 is 0 Å². The minimum Gasteiger partial charge on any atom is -0.497 e. The molecule has 0 saturated carbocycles. The fourth-order valence-electron chi connectivity index (χ4n) is 2.59. The van der Waals surface area contributed by atoms with Gasteiger partial charge in [-0.1, -0.05) is 26.0 Å². The zero-order valence-electron chi connectivity index (χ0n) is 13.8. The second-order valence-electron chi connectivity index (χ2n) is 6.34. The van der Waals surface area contributed by atoms with Crippen LogP contribution < -0.4 is 15.4 Å². The Bertz CT molecular complexity index is 499. The predicted octanol–water partition coefficient (Wildman–Crippen LogP) is 1.47. The zero-order chi connectivity index (χ0) is 16.2. The lowest BCUT2D eigenvalue weighted by atomic mass is 9.84. The van der Waals surface area contributed by atoms with E-state index >= 15 is 0 Å². The molecule has 2 N–H and O–H groups in total. The molecular formula is C17H26N2O3. The smallest absolute Gasteiger partial charge is 0.239 e. The molecule has 1 fully saturated rings. The van der Waals surface area contributed by atoms with Crippen LogP contribution >= 0.6 is 0 Å². The van der Waals surface area contributed by atoms with Gasteiger partial charge in [-0.05, 0) is 24.6 Å². The maximum absolute atomic E-state index is 12.3. The number of morpholine rings is 1. The summed E-state index contributed by atoms with van der Waals surface area (Å²) in [5.74, 6) is 0.828. The van der Waals surface area contributed by atoms with Crippen LogP contribution in [-0.4, -0.2) is 44.9 Å².